The molecule has 3 aromatic rings. The first kappa shape index (κ1) is 14.8. The quantitative estimate of drug-likeness (QED) is 0.720. The van der Waals surface area contributed by atoms with Crippen molar-refractivity contribution in [3.05, 3.63) is 65.3 Å². The highest BCUT2D eigenvalue weighted by Crippen LogP contribution is 2.22. The molecular formula is C17H14ClN5O. The van der Waals surface area contributed by atoms with Crippen LogP contribution in [0.1, 0.15) is 22.5 Å². The SMILES string of the molecule is O=C(c1cc2ncc(Cl)cn2n1)N1CC=C(c2ccncc2)CC1. The Morgan fingerprint density at radius 2 is 2.08 bits per heavy atom. The predicted molar refractivity (Wildman–Crippen MR) is 90.7 cm³/mol. The number of hydrogen-bond donors (Lipinski definition) is 0. The molecule has 3 aromatic heterocycles. The number of carbonyl (C=O) groups is 1. The lowest BCUT2D eigenvalue weighted by molar-refractivity contribution is 0.0766. The highest BCUT2D eigenvalue weighted by Gasteiger charge is 2.21. The molecule has 0 saturated heterocycles. The molecule has 0 radical (unpaired) electrons. The predicted octanol–water partition coefficient (Wildman–Crippen LogP) is 2.71. The van der Waals surface area contributed by atoms with Crippen molar-refractivity contribution in [2.24, 2.45) is 0 Å². The second kappa shape index (κ2) is 6.05. The zero-order chi connectivity index (χ0) is 16.5. The minimum absolute atomic E-state index is 0.0957. The van der Waals surface area contributed by atoms with Crippen LogP contribution < -0.4 is 0 Å². The Labute approximate surface area is 143 Å². The van der Waals surface area contributed by atoms with Crippen LogP contribution in [-0.2, 0) is 0 Å². The van der Waals surface area contributed by atoms with Crippen molar-refractivity contribution in [3.63, 3.8) is 0 Å². The second-order valence-corrected chi connectivity index (χ2v) is 6.01. The third-order valence-corrected chi connectivity index (χ3v) is 4.24. The molecule has 6 nitrogen and oxygen atoms in total. The van der Waals surface area contributed by atoms with E-state index in [2.05, 4.69) is 21.1 Å². The molecule has 24 heavy (non-hydrogen) atoms. The van der Waals surface area contributed by atoms with Crippen LogP contribution in [0.2, 0.25) is 5.02 Å². The molecule has 0 saturated carbocycles. The molecule has 1 amide bonds. The average molecular weight is 340 g/mol. The van der Waals surface area contributed by atoms with Crippen LogP contribution in [0.4, 0.5) is 0 Å². The van der Waals surface area contributed by atoms with E-state index in [0.717, 1.165) is 12.0 Å². The molecule has 4 heterocycles. The smallest absolute Gasteiger partial charge is 0.274 e. The first-order chi connectivity index (χ1) is 11.7. The lowest BCUT2D eigenvalue weighted by Crippen LogP contribution is -2.34. The van der Waals surface area contributed by atoms with E-state index in [-0.39, 0.29) is 5.91 Å². The van der Waals surface area contributed by atoms with E-state index in [1.54, 1.807) is 29.6 Å². The first-order valence-electron chi connectivity index (χ1n) is 7.60. The van der Waals surface area contributed by atoms with Crippen molar-refractivity contribution < 1.29 is 4.79 Å². The van der Waals surface area contributed by atoms with Gasteiger partial charge in [-0.25, -0.2) is 9.50 Å². The monoisotopic (exact) mass is 339 g/mol. The van der Waals surface area contributed by atoms with Crippen LogP contribution in [-0.4, -0.2) is 43.5 Å². The van der Waals surface area contributed by atoms with E-state index in [9.17, 15) is 4.79 Å². The molecule has 0 aromatic carbocycles. The summed E-state index contributed by atoms with van der Waals surface area (Å²) >= 11 is 5.90. The zero-order valence-corrected chi connectivity index (χ0v) is 13.5. The number of pyridine rings is 1. The van der Waals surface area contributed by atoms with Crippen molar-refractivity contribution in [1.82, 2.24) is 24.5 Å². The van der Waals surface area contributed by atoms with Crippen molar-refractivity contribution in [2.75, 3.05) is 13.1 Å². The zero-order valence-electron chi connectivity index (χ0n) is 12.8. The molecule has 0 atom stereocenters. The Kier molecular flexibility index (Phi) is 3.74. The highest BCUT2D eigenvalue weighted by atomic mass is 35.5. The number of rotatable bonds is 2. The van der Waals surface area contributed by atoms with Gasteiger partial charge in [0.1, 0.15) is 0 Å². The molecule has 0 N–H and O–H groups in total. The molecule has 0 fully saturated rings. The van der Waals surface area contributed by atoms with Crippen LogP contribution in [0.15, 0.2) is 49.1 Å². The van der Waals surface area contributed by atoms with Gasteiger partial charge in [0.2, 0.25) is 0 Å². The maximum Gasteiger partial charge on any atom is 0.274 e. The van der Waals surface area contributed by atoms with Crippen molar-refractivity contribution in [3.8, 4) is 0 Å². The maximum atomic E-state index is 12.6. The summed E-state index contributed by atoms with van der Waals surface area (Å²) < 4.78 is 1.53. The van der Waals surface area contributed by atoms with Gasteiger partial charge in [0.05, 0.1) is 11.2 Å². The average Bonchev–Trinajstić information content (AvgIpc) is 3.05. The number of hydrogen-bond acceptors (Lipinski definition) is 4. The number of fused-ring (bicyclic) bond motifs is 1. The third-order valence-electron chi connectivity index (χ3n) is 4.05. The van der Waals surface area contributed by atoms with E-state index in [1.165, 1.54) is 16.3 Å². The molecule has 0 aliphatic carbocycles. The summed E-state index contributed by atoms with van der Waals surface area (Å²) in [5.41, 5.74) is 3.38. The molecule has 4 rings (SSSR count). The highest BCUT2D eigenvalue weighted by molar-refractivity contribution is 6.30. The van der Waals surface area contributed by atoms with Crippen molar-refractivity contribution in [2.45, 2.75) is 6.42 Å². The van der Waals surface area contributed by atoms with Crippen LogP contribution >= 0.6 is 11.6 Å². The lowest BCUT2D eigenvalue weighted by Gasteiger charge is -2.25. The fraction of sp³-hybridized carbons (Fsp3) is 0.176. The molecular weight excluding hydrogens is 326 g/mol. The van der Waals surface area contributed by atoms with Crippen molar-refractivity contribution in [1.29, 1.82) is 0 Å². The molecule has 1 aliphatic heterocycles. The maximum absolute atomic E-state index is 12.6. The molecule has 120 valence electrons. The van der Waals surface area contributed by atoms with Gasteiger partial charge < -0.3 is 4.90 Å². The first-order valence-corrected chi connectivity index (χ1v) is 7.98. The van der Waals surface area contributed by atoms with Crippen LogP contribution in [0.5, 0.6) is 0 Å². The molecule has 7 heteroatoms. The molecule has 0 bridgehead atoms. The number of amides is 1. The largest absolute Gasteiger partial charge is 0.333 e. The summed E-state index contributed by atoms with van der Waals surface area (Å²) in [5.74, 6) is -0.0957. The van der Waals surface area contributed by atoms with Gasteiger partial charge in [-0.15, -0.1) is 0 Å². The third kappa shape index (κ3) is 2.76. The van der Waals surface area contributed by atoms with E-state index >= 15 is 0 Å². The van der Waals surface area contributed by atoms with E-state index in [4.69, 9.17) is 11.6 Å². The van der Waals surface area contributed by atoms with Gasteiger partial charge in [-0.3, -0.25) is 9.78 Å². The van der Waals surface area contributed by atoms with E-state index < -0.39 is 0 Å². The van der Waals surface area contributed by atoms with Gasteiger partial charge in [0.15, 0.2) is 11.3 Å². The van der Waals surface area contributed by atoms with E-state index in [1.807, 2.05) is 12.1 Å². The lowest BCUT2D eigenvalue weighted by atomic mass is 10.0. The second-order valence-electron chi connectivity index (χ2n) is 5.57. The summed E-state index contributed by atoms with van der Waals surface area (Å²) in [6, 6.07) is 5.66. The Bertz CT molecular complexity index is 935. The van der Waals surface area contributed by atoms with Gasteiger partial charge in [-0.1, -0.05) is 17.7 Å². The Balaban J connectivity index is 1.54. The van der Waals surface area contributed by atoms with Gasteiger partial charge in [-0.2, -0.15) is 5.10 Å². The Hall–Kier alpha value is -2.73. The fourth-order valence-corrected chi connectivity index (χ4v) is 2.94. The molecule has 0 unspecified atom stereocenters. The summed E-state index contributed by atoms with van der Waals surface area (Å²) in [6.07, 6.45) is 9.63. The minimum atomic E-state index is -0.0957. The summed E-state index contributed by atoms with van der Waals surface area (Å²) in [6.45, 7) is 1.23. The molecule has 0 spiro atoms. The van der Waals surface area contributed by atoms with Crippen LogP contribution in [0, 0.1) is 0 Å². The topological polar surface area (TPSA) is 63.4 Å². The molecule has 1 aliphatic rings. The Morgan fingerprint density at radius 1 is 1.25 bits per heavy atom. The van der Waals surface area contributed by atoms with Crippen LogP contribution in [0.3, 0.4) is 0 Å². The number of nitrogens with zero attached hydrogens (tertiary/aromatic N) is 5. The minimum Gasteiger partial charge on any atom is -0.333 e. The van der Waals surface area contributed by atoms with E-state index in [0.29, 0.717) is 29.5 Å². The number of carbonyl (C=O) groups excluding carboxylic acids is 1. The van der Waals surface area contributed by atoms with Gasteiger partial charge >= 0.3 is 0 Å². The summed E-state index contributed by atoms with van der Waals surface area (Å²) in [5, 5.41) is 4.75. The number of halogens is 1. The van der Waals surface area contributed by atoms with Gasteiger partial charge in [0, 0.05) is 37.7 Å². The van der Waals surface area contributed by atoms with Gasteiger partial charge in [0.25, 0.3) is 5.91 Å². The summed E-state index contributed by atoms with van der Waals surface area (Å²) in [7, 11) is 0. The Morgan fingerprint density at radius 3 is 2.83 bits per heavy atom. The van der Waals surface area contributed by atoms with Crippen molar-refractivity contribution >= 4 is 28.7 Å². The van der Waals surface area contributed by atoms with Crippen LogP contribution in [0.25, 0.3) is 11.2 Å². The standard InChI is InChI=1S/C17H14ClN5O/c18-14-10-20-16-9-15(21-23(16)11-14)17(24)22-7-3-13(4-8-22)12-1-5-19-6-2-12/h1-3,5-6,9-11H,4,7-8H2. The summed E-state index contributed by atoms with van der Waals surface area (Å²) in [4.78, 5) is 22.6. The van der Waals surface area contributed by atoms with Gasteiger partial charge in [-0.05, 0) is 29.7 Å². The fourth-order valence-electron chi connectivity index (χ4n) is 2.80. The number of aromatic nitrogens is 4. The normalized spacial score (nSPS) is 14.7.